The lowest BCUT2D eigenvalue weighted by Gasteiger charge is -2.20. The maximum absolute atomic E-state index is 5.92. The number of aryl methyl sites for hydroxylation is 1. The van der Waals surface area contributed by atoms with Crippen LogP contribution in [0.4, 0.5) is 5.69 Å². The molecule has 0 radical (unpaired) electrons. The molecule has 0 aliphatic rings. The van der Waals surface area contributed by atoms with Crippen LogP contribution in [0.15, 0.2) is 36.4 Å². The van der Waals surface area contributed by atoms with E-state index in [-0.39, 0.29) is 0 Å². The number of anilines is 1. The Morgan fingerprint density at radius 3 is 2.53 bits per heavy atom. The van der Waals surface area contributed by atoms with E-state index in [9.17, 15) is 0 Å². The van der Waals surface area contributed by atoms with Crippen LogP contribution in [0.2, 0.25) is 4.34 Å². The molecule has 0 saturated heterocycles. The maximum Gasteiger partial charge on any atom is 0.173 e. The molecular formula is C14H15ClN2S2. The summed E-state index contributed by atoms with van der Waals surface area (Å²) in [5, 5.41) is 3.93. The van der Waals surface area contributed by atoms with E-state index in [1.807, 2.05) is 36.2 Å². The Balaban J connectivity index is 1.94. The van der Waals surface area contributed by atoms with Crippen molar-refractivity contribution in [1.29, 1.82) is 0 Å². The number of hydrogen-bond acceptors (Lipinski definition) is 2. The zero-order chi connectivity index (χ0) is 13.8. The highest BCUT2D eigenvalue weighted by atomic mass is 35.5. The minimum Gasteiger partial charge on any atom is -0.347 e. The molecule has 2 rings (SSSR count). The Morgan fingerprint density at radius 2 is 1.95 bits per heavy atom. The third-order valence-electron chi connectivity index (χ3n) is 2.67. The fraction of sp³-hybridized carbons (Fsp3) is 0.214. The molecule has 0 aliphatic carbocycles. The molecule has 19 heavy (non-hydrogen) atoms. The van der Waals surface area contributed by atoms with Crippen LogP contribution in [0.5, 0.6) is 0 Å². The molecule has 0 bridgehead atoms. The van der Waals surface area contributed by atoms with Gasteiger partial charge in [0.25, 0.3) is 0 Å². The zero-order valence-electron chi connectivity index (χ0n) is 10.8. The van der Waals surface area contributed by atoms with Crippen molar-refractivity contribution in [2.24, 2.45) is 0 Å². The van der Waals surface area contributed by atoms with Crippen molar-refractivity contribution in [3.63, 3.8) is 0 Å². The van der Waals surface area contributed by atoms with Gasteiger partial charge >= 0.3 is 0 Å². The predicted octanol–water partition coefficient (Wildman–Crippen LogP) is 4.54. The molecule has 0 amide bonds. The molecular weight excluding hydrogens is 296 g/mol. The minimum atomic E-state index is 0.702. The number of thiocarbonyl (C=S) groups is 1. The average Bonchev–Trinajstić information content (AvgIpc) is 2.77. The summed E-state index contributed by atoms with van der Waals surface area (Å²) in [6, 6.07) is 12.1. The molecule has 0 fully saturated rings. The van der Waals surface area contributed by atoms with Crippen LogP contribution in [-0.4, -0.2) is 17.1 Å². The molecule has 0 unspecified atom stereocenters. The third-order valence-corrected chi connectivity index (χ3v) is 4.30. The van der Waals surface area contributed by atoms with Crippen molar-refractivity contribution in [2.45, 2.75) is 13.5 Å². The van der Waals surface area contributed by atoms with E-state index in [0.717, 1.165) is 16.6 Å². The van der Waals surface area contributed by atoms with Crippen molar-refractivity contribution < 1.29 is 0 Å². The van der Waals surface area contributed by atoms with Crippen molar-refractivity contribution in [3.8, 4) is 0 Å². The van der Waals surface area contributed by atoms with Crippen LogP contribution >= 0.6 is 35.2 Å². The Labute approximate surface area is 128 Å². The molecule has 1 N–H and O–H groups in total. The van der Waals surface area contributed by atoms with E-state index in [4.69, 9.17) is 23.8 Å². The monoisotopic (exact) mass is 310 g/mol. The summed E-state index contributed by atoms with van der Waals surface area (Å²) < 4.78 is 0.806. The van der Waals surface area contributed by atoms with Crippen molar-refractivity contribution in [3.05, 3.63) is 51.2 Å². The van der Waals surface area contributed by atoms with E-state index in [1.54, 1.807) is 11.3 Å². The second kappa shape index (κ2) is 6.37. The van der Waals surface area contributed by atoms with Gasteiger partial charge in [-0.05, 0) is 43.4 Å². The largest absolute Gasteiger partial charge is 0.347 e. The van der Waals surface area contributed by atoms with Crippen LogP contribution in [0, 0.1) is 6.92 Å². The van der Waals surface area contributed by atoms with E-state index in [2.05, 4.69) is 24.4 Å². The maximum atomic E-state index is 5.92. The first-order valence-corrected chi connectivity index (χ1v) is 7.48. The Bertz CT molecular complexity index is 563. The molecule has 2 nitrogen and oxygen atoms in total. The van der Waals surface area contributed by atoms with Gasteiger partial charge in [-0.1, -0.05) is 29.3 Å². The minimum absolute atomic E-state index is 0.702. The summed E-state index contributed by atoms with van der Waals surface area (Å²) in [4.78, 5) is 3.19. The molecule has 1 aromatic heterocycles. The number of thiophene rings is 1. The van der Waals surface area contributed by atoms with Crippen LogP contribution in [0.1, 0.15) is 10.4 Å². The quantitative estimate of drug-likeness (QED) is 0.838. The standard InChI is InChI=1S/C14H15ClN2S2/c1-10-3-5-11(6-4-10)16-14(18)17(2)9-12-7-8-13(15)19-12/h3-8H,9H2,1-2H3,(H,16,18). The van der Waals surface area contributed by atoms with Gasteiger partial charge in [0.15, 0.2) is 5.11 Å². The van der Waals surface area contributed by atoms with Crippen LogP contribution in [0.3, 0.4) is 0 Å². The predicted molar refractivity (Wildman–Crippen MR) is 88.2 cm³/mol. The molecule has 0 atom stereocenters. The second-order valence-corrected chi connectivity index (χ2v) is 6.54. The summed E-state index contributed by atoms with van der Waals surface area (Å²) in [5.74, 6) is 0. The Kier molecular flexibility index (Phi) is 4.80. The van der Waals surface area contributed by atoms with E-state index in [0.29, 0.717) is 5.11 Å². The lowest BCUT2D eigenvalue weighted by molar-refractivity contribution is 0.514. The van der Waals surface area contributed by atoms with E-state index >= 15 is 0 Å². The summed E-state index contributed by atoms with van der Waals surface area (Å²) in [6.45, 7) is 2.82. The third kappa shape index (κ3) is 4.20. The van der Waals surface area contributed by atoms with Gasteiger partial charge in [-0.25, -0.2) is 0 Å². The van der Waals surface area contributed by atoms with Gasteiger partial charge in [0.2, 0.25) is 0 Å². The molecule has 0 aliphatic heterocycles. The van der Waals surface area contributed by atoms with E-state index in [1.165, 1.54) is 10.4 Å². The van der Waals surface area contributed by atoms with Gasteiger partial charge in [0.1, 0.15) is 0 Å². The number of benzene rings is 1. The smallest absolute Gasteiger partial charge is 0.173 e. The number of rotatable bonds is 3. The molecule has 1 heterocycles. The van der Waals surface area contributed by atoms with Crippen LogP contribution < -0.4 is 5.32 Å². The highest BCUT2D eigenvalue weighted by Crippen LogP contribution is 2.22. The summed E-state index contributed by atoms with van der Waals surface area (Å²) in [7, 11) is 1.97. The zero-order valence-corrected chi connectivity index (χ0v) is 13.2. The van der Waals surface area contributed by atoms with Gasteiger partial charge in [0, 0.05) is 17.6 Å². The summed E-state index contributed by atoms with van der Waals surface area (Å²) in [5.41, 5.74) is 2.24. The fourth-order valence-electron chi connectivity index (χ4n) is 1.60. The van der Waals surface area contributed by atoms with E-state index < -0.39 is 0 Å². The molecule has 100 valence electrons. The molecule has 5 heteroatoms. The molecule has 0 spiro atoms. The highest BCUT2D eigenvalue weighted by molar-refractivity contribution is 7.80. The lowest BCUT2D eigenvalue weighted by Crippen LogP contribution is -2.30. The van der Waals surface area contributed by atoms with Crippen molar-refractivity contribution >= 4 is 46.0 Å². The van der Waals surface area contributed by atoms with Gasteiger partial charge < -0.3 is 10.2 Å². The number of hydrogen-bond donors (Lipinski definition) is 1. The van der Waals surface area contributed by atoms with Crippen LogP contribution in [-0.2, 0) is 6.54 Å². The fourth-order valence-corrected chi connectivity index (χ4v) is 2.92. The Hall–Kier alpha value is -1.10. The SMILES string of the molecule is Cc1ccc(NC(=S)N(C)Cc2ccc(Cl)s2)cc1. The van der Waals surface area contributed by atoms with Gasteiger partial charge in [-0.15, -0.1) is 11.3 Å². The number of nitrogens with one attached hydrogen (secondary N) is 1. The number of halogens is 1. The molecule has 2 aromatic rings. The topological polar surface area (TPSA) is 15.3 Å². The second-order valence-electron chi connectivity index (χ2n) is 4.36. The van der Waals surface area contributed by atoms with Gasteiger partial charge in [-0.3, -0.25) is 0 Å². The first-order chi connectivity index (χ1) is 9.04. The highest BCUT2D eigenvalue weighted by Gasteiger charge is 2.07. The van der Waals surface area contributed by atoms with Crippen molar-refractivity contribution in [1.82, 2.24) is 4.90 Å². The first-order valence-electron chi connectivity index (χ1n) is 5.87. The number of nitrogens with zero attached hydrogens (tertiary/aromatic N) is 1. The summed E-state index contributed by atoms with van der Waals surface area (Å²) >= 11 is 12.9. The van der Waals surface area contributed by atoms with Gasteiger partial charge in [-0.2, -0.15) is 0 Å². The van der Waals surface area contributed by atoms with Crippen molar-refractivity contribution in [2.75, 3.05) is 12.4 Å². The van der Waals surface area contributed by atoms with Crippen LogP contribution in [0.25, 0.3) is 0 Å². The van der Waals surface area contributed by atoms with Gasteiger partial charge in [0.05, 0.1) is 10.9 Å². The molecule has 0 saturated carbocycles. The Morgan fingerprint density at radius 1 is 1.26 bits per heavy atom. The molecule has 1 aromatic carbocycles. The first kappa shape index (κ1) is 14.3. The average molecular weight is 311 g/mol. The summed E-state index contributed by atoms with van der Waals surface area (Å²) in [6.07, 6.45) is 0. The normalized spacial score (nSPS) is 10.3. The lowest BCUT2D eigenvalue weighted by atomic mass is 10.2.